The molecule has 0 bridgehead atoms. The van der Waals surface area contributed by atoms with Crippen LogP contribution in [0.15, 0.2) is 5.16 Å². The van der Waals surface area contributed by atoms with Crippen molar-refractivity contribution in [1.29, 1.82) is 0 Å². The number of oxime groups is 1. The van der Waals surface area contributed by atoms with Crippen molar-refractivity contribution in [3.63, 3.8) is 0 Å². The Morgan fingerprint density at radius 2 is 2.25 bits per heavy atom. The van der Waals surface area contributed by atoms with Gasteiger partial charge < -0.3 is 9.57 Å². The van der Waals surface area contributed by atoms with Crippen molar-refractivity contribution in [2.75, 3.05) is 0 Å². The number of esters is 1. The zero-order chi connectivity index (χ0) is 11.7. The van der Waals surface area contributed by atoms with E-state index in [1.165, 1.54) is 6.92 Å². The highest BCUT2D eigenvalue weighted by Gasteiger charge is 2.77. The minimum atomic E-state index is -0.777. The summed E-state index contributed by atoms with van der Waals surface area (Å²) in [5, 5.41) is 4.03. The highest BCUT2D eigenvalue weighted by atomic mass is 16.8. The molecule has 3 aliphatic rings. The Bertz CT molecular complexity index is 401. The number of fused-ring (bicyclic) bond motifs is 3. The minimum absolute atomic E-state index is 0.163. The maximum absolute atomic E-state index is 11.2. The largest absolute Gasteiger partial charge is 0.420 e. The summed E-state index contributed by atoms with van der Waals surface area (Å²) in [5.41, 5.74) is 1.32. The molecule has 4 atom stereocenters. The van der Waals surface area contributed by atoms with Crippen molar-refractivity contribution in [1.82, 2.24) is 0 Å². The normalized spacial score (nSPS) is 46.5. The summed E-state index contributed by atoms with van der Waals surface area (Å²) in [5.74, 6) is 0.256. The van der Waals surface area contributed by atoms with Crippen LogP contribution < -0.4 is 0 Å². The summed E-state index contributed by atoms with van der Waals surface area (Å²) in [7, 11) is 0. The molecule has 0 unspecified atom stereocenters. The van der Waals surface area contributed by atoms with Gasteiger partial charge in [-0.1, -0.05) is 19.0 Å². The SMILES string of the molecule is CC(=O)O[C@]12C[C@@H]3[C@@H]([C@H]1C(C)=NO2)C3(C)C. The summed E-state index contributed by atoms with van der Waals surface area (Å²) in [6, 6.07) is 0. The molecule has 16 heavy (non-hydrogen) atoms. The molecule has 0 aromatic carbocycles. The van der Waals surface area contributed by atoms with Crippen molar-refractivity contribution >= 4 is 11.7 Å². The topological polar surface area (TPSA) is 47.9 Å². The molecular weight excluding hydrogens is 206 g/mol. The average molecular weight is 223 g/mol. The van der Waals surface area contributed by atoms with Crippen LogP contribution in [0.4, 0.5) is 0 Å². The lowest BCUT2D eigenvalue weighted by Crippen LogP contribution is -2.42. The van der Waals surface area contributed by atoms with Gasteiger partial charge in [-0.05, 0) is 24.2 Å². The molecular formula is C12H17NO3. The summed E-state index contributed by atoms with van der Waals surface area (Å²) in [6.45, 7) is 7.93. The van der Waals surface area contributed by atoms with E-state index < -0.39 is 5.79 Å². The van der Waals surface area contributed by atoms with Gasteiger partial charge in [0.25, 0.3) is 5.79 Å². The van der Waals surface area contributed by atoms with Crippen LogP contribution >= 0.6 is 0 Å². The minimum Gasteiger partial charge on any atom is -0.420 e. The third-order valence-electron chi connectivity index (χ3n) is 4.59. The van der Waals surface area contributed by atoms with Crippen LogP contribution in [0.25, 0.3) is 0 Å². The smallest absolute Gasteiger partial charge is 0.305 e. The van der Waals surface area contributed by atoms with Gasteiger partial charge >= 0.3 is 5.97 Å². The first-order valence-electron chi connectivity index (χ1n) is 5.81. The molecule has 4 nitrogen and oxygen atoms in total. The predicted octanol–water partition coefficient (Wildman–Crippen LogP) is 1.94. The Hall–Kier alpha value is -1.06. The molecule has 0 saturated heterocycles. The van der Waals surface area contributed by atoms with Gasteiger partial charge in [-0.2, -0.15) is 0 Å². The van der Waals surface area contributed by atoms with Crippen molar-refractivity contribution in [2.24, 2.45) is 28.3 Å². The van der Waals surface area contributed by atoms with E-state index in [0.717, 1.165) is 12.1 Å². The number of rotatable bonds is 1. The van der Waals surface area contributed by atoms with E-state index in [0.29, 0.717) is 17.3 Å². The lowest BCUT2D eigenvalue weighted by molar-refractivity contribution is -0.234. The second kappa shape index (κ2) is 2.60. The van der Waals surface area contributed by atoms with Gasteiger partial charge in [0.1, 0.15) is 0 Å². The maximum Gasteiger partial charge on any atom is 0.305 e. The number of hydrogen-bond acceptors (Lipinski definition) is 4. The Labute approximate surface area is 95.0 Å². The van der Waals surface area contributed by atoms with E-state index in [2.05, 4.69) is 19.0 Å². The molecule has 0 N–H and O–H groups in total. The third kappa shape index (κ3) is 1.00. The molecule has 88 valence electrons. The summed E-state index contributed by atoms with van der Waals surface area (Å²) < 4.78 is 5.41. The quantitative estimate of drug-likeness (QED) is 0.638. The Morgan fingerprint density at radius 3 is 2.88 bits per heavy atom. The fourth-order valence-electron chi connectivity index (χ4n) is 3.79. The molecule has 1 aliphatic heterocycles. The van der Waals surface area contributed by atoms with Gasteiger partial charge in [-0.25, -0.2) is 0 Å². The van der Waals surface area contributed by atoms with Gasteiger partial charge in [-0.3, -0.25) is 4.79 Å². The van der Waals surface area contributed by atoms with Crippen LogP contribution in [0.3, 0.4) is 0 Å². The molecule has 0 amide bonds. The van der Waals surface area contributed by atoms with E-state index in [1.807, 2.05) is 6.92 Å². The van der Waals surface area contributed by atoms with Crippen LogP contribution in [0.2, 0.25) is 0 Å². The first kappa shape index (κ1) is 10.1. The fraction of sp³-hybridized carbons (Fsp3) is 0.833. The van der Waals surface area contributed by atoms with Crippen molar-refractivity contribution < 1.29 is 14.4 Å². The van der Waals surface area contributed by atoms with E-state index in [9.17, 15) is 4.79 Å². The molecule has 2 fully saturated rings. The van der Waals surface area contributed by atoms with Gasteiger partial charge in [0.05, 0.1) is 11.6 Å². The second-order valence-corrected chi connectivity index (χ2v) is 5.86. The molecule has 1 heterocycles. The zero-order valence-electron chi connectivity index (χ0n) is 10.1. The van der Waals surface area contributed by atoms with Crippen LogP contribution in [0, 0.1) is 23.2 Å². The molecule has 0 aromatic rings. The first-order chi connectivity index (χ1) is 7.38. The fourth-order valence-corrected chi connectivity index (χ4v) is 3.79. The van der Waals surface area contributed by atoms with Crippen LogP contribution in [0.1, 0.15) is 34.1 Å². The third-order valence-corrected chi connectivity index (χ3v) is 4.59. The molecule has 2 saturated carbocycles. The standard InChI is InChI=1S/C12H17NO3/c1-6-9-10-8(11(10,3)4)5-12(9,16-13-6)15-7(2)14/h8-10H,5H2,1-4H3/t8-,9-,10+,12+/m1/s1. The van der Waals surface area contributed by atoms with E-state index in [4.69, 9.17) is 9.57 Å². The molecule has 0 aromatic heterocycles. The van der Waals surface area contributed by atoms with Gasteiger partial charge in [-0.15, -0.1) is 0 Å². The Morgan fingerprint density at radius 1 is 1.56 bits per heavy atom. The van der Waals surface area contributed by atoms with Crippen molar-refractivity contribution in [3.05, 3.63) is 0 Å². The van der Waals surface area contributed by atoms with Crippen molar-refractivity contribution in [2.45, 2.75) is 39.9 Å². The van der Waals surface area contributed by atoms with Crippen LogP contribution in [-0.4, -0.2) is 17.5 Å². The maximum atomic E-state index is 11.2. The molecule has 2 aliphatic carbocycles. The van der Waals surface area contributed by atoms with E-state index in [-0.39, 0.29) is 11.9 Å². The van der Waals surface area contributed by atoms with Crippen LogP contribution in [-0.2, 0) is 14.4 Å². The van der Waals surface area contributed by atoms with E-state index in [1.54, 1.807) is 0 Å². The number of carbonyl (C=O) groups is 1. The van der Waals surface area contributed by atoms with Gasteiger partial charge in [0.2, 0.25) is 0 Å². The first-order valence-corrected chi connectivity index (χ1v) is 5.81. The zero-order valence-corrected chi connectivity index (χ0v) is 10.1. The lowest BCUT2D eigenvalue weighted by atomic mass is 9.86. The highest BCUT2D eigenvalue weighted by Crippen LogP contribution is 2.73. The average Bonchev–Trinajstić information content (AvgIpc) is 2.50. The number of hydrogen-bond donors (Lipinski definition) is 0. The number of carbonyl (C=O) groups excluding carboxylic acids is 1. The van der Waals surface area contributed by atoms with Crippen LogP contribution in [0.5, 0.6) is 0 Å². The van der Waals surface area contributed by atoms with E-state index >= 15 is 0 Å². The summed E-state index contributed by atoms with van der Waals surface area (Å²) >= 11 is 0. The number of ether oxygens (including phenoxy) is 1. The van der Waals surface area contributed by atoms with Crippen molar-refractivity contribution in [3.8, 4) is 0 Å². The Balaban J connectivity index is 1.92. The summed E-state index contributed by atoms with van der Waals surface area (Å²) in [4.78, 5) is 16.6. The van der Waals surface area contributed by atoms with Gasteiger partial charge in [0.15, 0.2) is 0 Å². The monoisotopic (exact) mass is 223 g/mol. The second-order valence-electron chi connectivity index (χ2n) is 5.86. The molecule has 0 spiro atoms. The molecule has 3 rings (SSSR count). The predicted molar refractivity (Wildman–Crippen MR) is 57.6 cm³/mol. The highest BCUT2D eigenvalue weighted by molar-refractivity contribution is 5.88. The number of nitrogens with zero attached hydrogens (tertiary/aromatic N) is 1. The lowest BCUT2D eigenvalue weighted by Gasteiger charge is -2.30. The summed E-state index contributed by atoms with van der Waals surface area (Å²) in [6.07, 6.45) is 0.787. The van der Waals surface area contributed by atoms with Gasteiger partial charge in [0, 0.05) is 13.3 Å². The Kier molecular flexibility index (Phi) is 1.65. The molecule has 0 radical (unpaired) electrons. The molecule has 4 heteroatoms.